The smallest absolute Gasteiger partial charge is 0.231 e. The quantitative estimate of drug-likeness (QED) is 0.708. The van der Waals surface area contributed by atoms with Crippen LogP contribution in [0.25, 0.3) is 0 Å². The first kappa shape index (κ1) is 19.6. The molecule has 2 amide bonds. The SMILES string of the molecule is Cc1ccc(CSCCNC(=O)[C@H]2CC(=O)N(c3ccc4c(c3)OCO4)C2)cc1. The molecule has 6 nitrogen and oxygen atoms in total. The van der Waals surface area contributed by atoms with E-state index in [9.17, 15) is 9.59 Å². The van der Waals surface area contributed by atoms with Crippen LogP contribution in [-0.4, -0.2) is 37.4 Å². The Morgan fingerprint density at radius 2 is 1.97 bits per heavy atom. The van der Waals surface area contributed by atoms with Gasteiger partial charge in [0.2, 0.25) is 18.6 Å². The molecule has 1 N–H and O–H groups in total. The fourth-order valence-corrected chi connectivity index (χ4v) is 4.27. The van der Waals surface area contributed by atoms with Crippen molar-refractivity contribution < 1.29 is 19.1 Å². The minimum Gasteiger partial charge on any atom is -0.454 e. The maximum Gasteiger partial charge on any atom is 0.231 e. The van der Waals surface area contributed by atoms with E-state index in [4.69, 9.17) is 9.47 Å². The summed E-state index contributed by atoms with van der Waals surface area (Å²) in [5.41, 5.74) is 3.28. The normalized spacial score (nSPS) is 17.6. The molecule has 152 valence electrons. The van der Waals surface area contributed by atoms with Gasteiger partial charge in [0.15, 0.2) is 11.5 Å². The summed E-state index contributed by atoms with van der Waals surface area (Å²) in [5, 5.41) is 2.97. The molecular formula is C22H24N2O4S. The van der Waals surface area contributed by atoms with E-state index in [0.717, 1.165) is 17.2 Å². The fraction of sp³-hybridized carbons (Fsp3) is 0.364. The highest BCUT2D eigenvalue weighted by Crippen LogP contribution is 2.37. The number of thioether (sulfide) groups is 1. The zero-order valence-electron chi connectivity index (χ0n) is 16.3. The molecule has 4 rings (SSSR count). The molecule has 7 heteroatoms. The molecule has 0 bridgehead atoms. The first-order valence-corrected chi connectivity index (χ1v) is 10.9. The Morgan fingerprint density at radius 3 is 2.79 bits per heavy atom. The van der Waals surface area contributed by atoms with Gasteiger partial charge in [-0.2, -0.15) is 11.8 Å². The van der Waals surface area contributed by atoms with E-state index in [2.05, 4.69) is 36.5 Å². The molecule has 2 aliphatic heterocycles. The molecule has 1 saturated heterocycles. The van der Waals surface area contributed by atoms with Gasteiger partial charge in [0, 0.05) is 42.8 Å². The van der Waals surface area contributed by atoms with Gasteiger partial charge in [-0.15, -0.1) is 0 Å². The zero-order chi connectivity index (χ0) is 20.2. The Morgan fingerprint density at radius 1 is 1.17 bits per heavy atom. The number of carbonyl (C=O) groups excluding carboxylic acids is 2. The molecule has 1 atom stereocenters. The second-order valence-corrected chi connectivity index (χ2v) is 8.38. The summed E-state index contributed by atoms with van der Waals surface area (Å²) in [6.07, 6.45) is 0.233. The molecule has 2 aliphatic rings. The predicted octanol–water partition coefficient (Wildman–Crippen LogP) is 3.13. The standard InChI is InChI=1S/C22H24N2O4S/c1-15-2-4-16(5-3-15)13-29-9-8-23-22(26)17-10-21(25)24(12-17)18-6-7-19-20(11-18)28-14-27-19/h2-7,11,17H,8-10,12-14H2,1H3,(H,23,26)/t17-/m0/s1. The fourth-order valence-electron chi connectivity index (χ4n) is 3.45. The van der Waals surface area contributed by atoms with E-state index in [1.807, 2.05) is 6.07 Å². The first-order chi connectivity index (χ1) is 14.1. The lowest BCUT2D eigenvalue weighted by atomic mass is 10.1. The van der Waals surface area contributed by atoms with E-state index in [1.54, 1.807) is 28.8 Å². The molecular weight excluding hydrogens is 388 g/mol. The summed E-state index contributed by atoms with van der Waals surface area (Å²) in [6.45, 7) is 3.26. The molecule has 29 heavy (non-hydrogen) atoms. The van der Waals surface area contributed by atoms with Crippen molar-refractivity contribution in [1.29, 1.82) is 0 Å². The number of nitrogens with zero attached hydrogens (tertiary/aromatic N) is 1. The minimum absolute atomic E-state index is 0.0437. The third-order valence-corrected chi connectivity index (χ3v) is 6.13. The summed E-state index contributed by atoms with van der Waals surface area (Å²) in [6, 6.07) is 13.9. The molecule has 0 saturated carbocycles. The largest absolute Gasteiger partial charge is 0.454 e. The van der Waals surface area contributed by atoms with Crippen molar-refractivity contribution in [3.8, 4) is 11.5 Å². The highest BCUT2D eigenvalue weighted by atomic mass is 32.2. The van der Waals surface area contributed by atoms with E-state index in [0.29, 0.717) is 24.6 Å². The van der Waals surface area contributed by atoms with Crippen molar-refractivity contribution in [3.63, 3.8) is 0 Å². The highest BCUT2D eigenvalue weighted by molar-refractivity contribution is 7.98. The topological polar surface area (TPSA) is 67.9 Å². The predicted molar refractivity (Wildman–Crippen MR) is 113 cm³/mol. The second kappa shape index (κ2) is 8.78. The third-order valence-electron chi connectivity index (χ3n) is 5.10. The molecule has 0 radical (unpaired) electrons. The van der Waals surface area contributed by atoms with Gasteiger partial charge in [-0.3, -0.25) is 9.59 Å². The van der Waals surface area contributed by atoms with Gasteiger partial charge in [-0.05, 0) is 24.6 Å². The Bertz CT molecular complexity index is 900. The summed E-state index contributed by atoms with van der Waals surface area (Å²) in [4.78, 5) is 26.5. The Labute approximate surface area is 174 Å². The minimum atomic E-state index is -0.324. The van der Waals surface area contributed by atoms with E-state index >= 15 is 0 Å². The molecule has 0 aromatic heterocycles. The average Bonchev–Trinajstić information content (AvgIpc) is 3.34. The van der Waals surface area contributed by atoms with Crippen LogP contribution in [0.4, 0.5) is 5.69 Å². The zero-order valence-corrected chi connectivity index (χ0v) is 17.2. The maximum atomic E-state index is 12.5. The molecule has 2 heterocycles. The lowest BCUT2D eigenvalue weighted by Gasteiger charge is -2.17. The number of ether oxygens (including phenoxy) is 2. The first-order valence-electron chi connectivity index (χ1n) is 9.71. The van der Waals surface area contributed by atoms with E-state index in [-0.39, 0.29) is 30.9 Å². The van der Waals surface area contributed by atoms with Gasteiger partial charge in [-0.1, -0.05) is 29.8 Å². The molecule has 2 aromatic rings. The number of fused-ring (bicyclic) bond motifs is 1. The number of nitrogens with one attached hydrogen (secondary N) is 1. The van der Waals surface area contributed by atoms with Crippen molar-refractivity contribution in [2.45, 2.75) is 19.1 Å². The lowest BCUT2D eigenvalue weighted by Crippen LogP contribution is -2.34. The summed E-state index contributed by atoms with van der Waals surface area (Å²) < 4.78 is 10.7. The summed E-state index contributed by atoms with van der Waals surface area (Å²) in [5.74, 6) is 2.65. The molecule has 0 spiro atoms. The molecule has 2 aromatic carbocycles. The number of rotatable bonds is 7. The van der Waals surface area contributed by atoms with Crippen molar-refractivity contribution >= 4 is 29.3 Å². The van der Waals surface area contributed by atoms with Crippen molar-refractivity contribution in [2.24, 2.45) is 5.92 Å². The van der Waals surface area contributed by atoms with Crippen LogP contribution in [0.2, 0.25) is 0 Å². The number of hydrogen-bond donors (Lipinski definition) is 1. The van der Waals surface area contributed by atoms with E-state index < -0.39 is 0 Å². The van der Waals surface area contributed by atoms with Crippen LogP contribution in [0.5, 0.6) is 11.5 Å². The van der Waals surface area contributed by atoms with Crippen molar-refractivity contribution in [1.82, 2.24) is 5.32 Å². The number of carbonyl (C=O) groups is 2. The summed E-state index contributed by atoms with van der Waals surface area (Å²) in [7, 11) is 0. The Balaban J connectivity index is 1.22. The highest BCUT2D eigenvalue weighted by Gasteiger charge is 2.35. The van der Waals surface area contributed by atoms with Gasteiger partial charge >= 0.3 is 0 Å². The van der Waals surface area contributed by atoms with Gasteiger partial charge < -0.3 is 19.7 Å². The van der Waals surface area contributed by atoms with Gasteiger partial charge in [0.25, 0.3) is 0 Å². The van der Waals surface area contributed by atoms with Crippen molar-refractivity contribution in [3.05, 3.63) is 53.6 Å². The van der Waals surface area contributed by atoms with Crippen LogP contribution in [0, 0.1) is 12.8 Å². The van der Waals surface area contributed by atoms with Crippen LogP contribution in [-0.2, 0) is 15.3 Å². The van der Waals surface area contributed by atoms with E-state index in [1.165, 1.54) is 11.1 Å². The van der Waals surface area contributed by atoms with Crippen molar-refractivity contribution in [2.75, 3.05) is 30.5 Å². The average molecular weight is 413 g/mol. The van der Waals surface area contributed by atoms with Crippen LogP contribution in [0.1, 0.15) is 17.5 Å². The monoisotopic (exact) mass is 412 g/mol. The number of anilines is 1. The third kappa shape index (κ3) is 4.67. The van der Waals surface area contributed by atoms with Gasteiger partial charge in [0.05, 0.1) is 5.92 Å². The van der Waals surface area contributed by atoms with Crippen LogP contribution in [0.15, 0.2) is 42.5 Å². The lowest BCUT2D eigenvalue weighted by molar-refractivity contribution is -0.126. The van der Waals surface area contributed by atoms with Gasteiger partial charge in [-0.25, -0.2) is 0 Å². The molecule has 0 aliphatic carbocycles. The maximum absolute atomic E-state index is 12.5. The van der Waals surface area contributed by atoms with Crippen LogP contribution >= 0.6 is 11.8 Å². The van der Waals surface area contributed by atoms with Crippen LogP contribution < -0.4 is 19.7 Å². The number of hydrogen-bond acceptors (Lipinski definition) is 5. The number of amides is 2. The van der Waals surface area contributed by atoms with Gasteiger partial charge in [0.1, 0.15) is 0 Å². The Hall–Kier alpha value is -2.67. The molecule has 0 unspecified atom stereocenters. The number of benzene rings is 2. The number of aryl methyl sites for hydroxylation is 1. The Kier molecular flexibility index (Phi) is 5.94. The second-order valence-electron chi connectivity index (χ2n) is 7.27. The van der Waals surface area contributed by atoms with Crippen LogP contribution in [0.3, 0.4) is 0 Å². The molecule has 1 fully saturated rings. The summed E-state index contributed by atoms with van der Waals surface area (Å²) >= 11 is 1.79.